The van der Waals surface area contributed by atoms with E-state index >= 15 is 0 Å². The highest BCUT2D eigenvalue weighted by Crippen LogP contribution is 2.45. The third-order valence-electron chi connectivity index (χ3n) is 18.8. The zero-order chi connectivity index (χ0) is 72.7. The van der Waals surface area contributed by atoms with E-state index in [0.29, 0.717) is 31.6 Å². The molecule has 17 nitrogen and oxygen atoms in total. The van der Waals surface area contributed by atoms with Crippen LogP contribution in [-0.2, 0) is 65.4 Å². The molecule has 588 valence electrons. The number of carbonyl (C=O) groups is 4. The minimum absolute atomic E-state index is 0.108. The Balaban J connectivity index is 5.22. The van der Waals surface area contributed by atoms with Crippen molar-refractivity contribution in [1.82, 2.24) is 0 Å². The average molecular weight is 1450 g/mol. The van der Waals surface area contributed by atoms with Crippen molar-refractivity contribution in [1.29, 1.82) is 0 Å². The van der Waals surface area contributed by atoms with Gasteiger partial charge in [0.1, 0.15) is 19.3 Å². The summed E-state index contributed by atoms with van der Waals surface area (Å²) in [7, 11) is -9.92. The third-order valence-corrected chi connectivity index (χ3v) is 20.7. The maximum absolute atomic E-state index is 13.1. The molecule has 0 aliphatic heterocycles. The molecule has 0 aromatic rings. The topological polar surface area (TPSA) is 237 Å². The number of phosphoric acid groups is 2. The smallest absolute Gasteiger partial charge is 0.462 e. The van der Waals surface area contributed by atoms with E-state index in [0.717, 1.165) is 96.3 Å². The first kappa shape index (κ1) is 97.1. The van der Waals surface area contributed by atoms with Crippen molar-refractivity contribution < 1.29 is 80.2 Å². The average Bonchev–Trinajstić information content (AvgIpc) is 1.02. The highest BCUT2D eigenvalue weighted by Gasteiger charge is 2.30. The van der Waals surface area contributed by atoms with Crippen LogP contribution < -0.4 is 0 Å². The summed E-state index contributed by atoms with van der Waals surface area (Å²) in [6.45, 7) is 7.25. The first-order chi connectivity index (χ1) is 48.0. The number of aliphatic hydroxyl groups is 1. The van der Waals surface area contributed by atoms with Crippen molar-refractivity contribution in [3.05, 3.63) is 0 Å². The minimum Gasteiger partial charge on any atom is -0.462 e. The fourth-order valence-corrected chi connectivity index (χ4v) is 14.0. The molecule has 0 bridgehead atoms. The lowest BCUT2D eigenvalue weighted by molar-refractivity contribution is -0.161. The molecule has 0 aromatic heterocycles. The molecule has 5 atom stereocenters. The quantitative estimate of drug-likeness (QED) is 0.0222. The molecular weight excluding hydrogens is 1290 g/mol. The van der Waals surface area contributed by atoms with Gasteiger partial charge in [0.2, 0.25) is 0 Å². The number of aliphatic hydroxyl groups excluding tert-OH is 1. The van der Waals surface area contributed by atoms with Crippen LogP contribution in [0.3, 0.4) is 0 Å². The van der Waals surface area contributed by atoms with E-state index in [4.69, 9.17) is 37.0 Å². The van der Waals surface area contributed by atoms with E-state index in [1.807, 2.05) is 0 Å². The molecule has 0 radical (unpaired) electrons. The van der Waals surface area contributed by atoms with Gasteiger partial charge in [-0.05, 0) is 31.6 Å². The molecule has 0 rings (SSSR count). The number of hydrogen-bond donors (Lipinski definition) is 3. The lowest BCUT2D eigenvalue weighted by atomic mass is 10.0. The van der Waals surface area contributed by atoms with Crippen molar-refractivity contribution in [2.45, 2.75) is 445 Å². The summed E-state index contributed by atoms with van der Waals surface area (Å²) in [4.78, 5) is 73.0. The highest BCUT2D eigenvalue weighted by molar-refractivity contribution is 7.47. The Labute approximate surface area is 607 Å². The Bertz CT molecular complexity index is 1890. The Kier molecular flexibility index (Phi) is 71.6. The second-order valence-corrected chi connectivity index (χ2v) is 32.2. The second-order valence-electron chi connectivity index (χ2n) is 29.3. The summed E-state index contributed by atoms with van der Waals surface area (Å²) in [6, 6.07) is 0. The fourth-order valence-electron chi connectivity index (χ4n) is 12.4. The summed E-state index contributed by atoms with van der Waals surface area (Å²) in [5.41, 5.74) is 0. The maximum atomic E-state index is 13.1. The SMILES string of the molecule is CCCCCCCCCCCCCCCCCCCCC(=O)O[C@H](COC(=O)CCCCCCCCCCCCCCCCCC)COP(=O)(O)OC[C@@H](O)COP(=O)(O)OC[C@@H](COC(=O)CCCCCCCCC(C)C)OC(=O)CCCCCCCCCCCCCCCCCC. The predicted molar refractivity (Wildman–Crippen MR) is 405 cm³/mol. The van der Waals surface area contributed by atoms with Gasteiger partial charge in [0, 0.05) is 25.7 Å². The lowest BCUT2D eigenvalue weighted by Gasteiger charge is -2.21. The summed E-state index contributed by atoms with van der Waals surface area (Å²) in [6.07, 6.45) is 63.9. The predicted octanol–water partition coefficient (Wildman–Crippen LogP) is 24.0. The van der Waals surface area contributed by atoms with E-state index < -0.39 is 97.5 Å². The van der Waals surface area contributed by atoms with Crippen molar-refractivity contribution in [2.24, 2.45) is 5.92 Å². The number of esters is 4. The molecule has 99 heavy (non-hydrogen) atoms. The number of carbonyl (C=O) groups excluding carboxylic acids is 4. The summed E-state index contributed by atoms with van der Waals surface area (Å²) in [5, 5.41) is 10.6. The van der Waals surface area contributed by atoms with Gasteiger partial charge in [-0.1, -0.05) is 375 Å². The molecule has 3 N–H and O–H groups in total. The Morgan fingerprint density at radius 1 is 0.273 bits per heavy atom. The molecule has 0 heterocycles. The monoisotopic (exact) mass is 1450 g/mol. The normalized spacial score (nSPS) is 13.9. The fraction of sp³-hybridized carbons (Fsp3) is 0.950. The van der Waals surface area contributed by atoms with Gasteiger partial charge in [-0.15, -0.1) is 0 Å². The van der Waals surface area contributed by atoms with E-state index in [2.05, 4.69) is 34.6 Å². The zero-order valence-corrected chi connectivity index (χ0v) is 66.4. The molecule has 19 heteroatoms. The molecule has 0 spiro atoms. The van der Waals surface area contributed by atoms with Gasteiger partial charge >= 0.3 is 39.5 Å². The van der Waals surface area contributed by atoms with Crippen LogP contribution in [-0.4, -0.2) is 96.7 Å². The number of phosphoric ester groups is 2. The van der Waals surface area contributed by atoms with Crippen LogP contribution in [0, 0.1) is 5.92 Å². The Morgan fingerprint density at radius 2 is 0.465 bits per heavy atom. The van der Waals surface area contributed by atoms with Crippen molar-refractivity contribution in [2.75, 3.05) is 39.6 Å². The van der Waals surface area contributed by atoms with Crippen LogP contribution in [0.4, 0.5) is 0 Å². The van der Waals surface area contributed by atoms with Crippen LogP contribution in [0.1, 0.15) is 426 Å². The minimum atomic E-state index is -4.96. The first-order valence-corrected chi connectivity index (χ1v) is 44.6. The number of rotatable bonds is 80. The summed E-state index contributed by atoms with van der Waals surface area (Å²) in [5.74, 6) is -1.43. The largest absolute Gasteiger partial charge is 0.472 e. The standard InChI is InChI=1S/C80H156O17P2/c1-6-9-12-15-18-21-24-27-30-33-34-37-40-43-46-49-56-61-65-79(84)96-75(69-90-77(82)63-58-53-47-44-41-38-35-31-28-25-22-19-16-13-10-7-2)71-94-98(86,87)92-67-74(81)68-93-99(88,89)95-72-76(70-91-78(83)64-59-54-51-50-52-57-62-73(4)5)97-80(85)66-60-55-48-45-42-39-36-32-29-26-23-20-17-14-11-8-3/h73-76,81H,6-72H2,1-5H3,(H,86,87)(H,88,89)/t74-,75-,76-/m1/s1. The van der Waals surface area contributed by atoms with Crippen molar-refractivity contribution in [3.8, 4) is 0 Å². The van der Waals surface area contributed by atoms with E-state index in [1.165, 1.54) is 244 Å². The van der Waals surface area contributed by atoms with Crippen LogP contribution in [0.15, 0.2) is 0 Å². The second kappa shape index (κ2) is 73.0. The van der Waals surface area contributed by atoms with E-state index in [9.17, 15) is 43.2 Å². The molecule has 0 saturated carbocycles. The maximum Gasteiger partial charge on any atom is 0.472 e. The van der Waals surface area contributed by atoms with Gasteiger partial charge < -0.3 is 33.8 Å². The van der Waals surface area contributed by atoms with Crippen LogP contribution in [0.25, 0.3) is 0 Å². The third kappa shape index (κ3) is 74.1. The number of unbranched alkanes of at least 4 members (excludes halogenated alkanes) is 52. The van der Waals surface area contributed by atoms with E-state index in [1.54, 1.807) is 0 Å². The van der Waals surface area contributed by atoms with E-state index in [-0.39, 0.29) is 25.7 Å². The van der Waals surface area contributed by atoms with Gasteiger partial charge in [-0.25, -0.2) is 9.13 Å². The van der Waals surface area contributed by atoms with Crippen LogP contribution in [0.2, 0.25) is 0 Å². The summed E-state index contributed by atoms with van der Waals surface area (Å²) >= 11 is 0. The van der Waals surface area contributed by atoms with Crippen molar-refractivity contribution >= 4 is 39.5 Å². The lowest BCUT2D eigenvalue weighted by Crippen LogP contribution is -2.30. The van der Waals surface area contributed by atoms with Gasteiger partial charge in [0.15, 0.2) is 12.2 Å². The molecule has 0 saturated heterocycles. The first-order valence-electron chi connectivity index (χ1n) is 41.6. The summed E-state index contributed by atoms with van der Waals surface area (Å²) < 4.78 is 68.7. The highest BCUT2D eigenvalue weighted by atomic mass is 31.2. The van der Waals surface area contributed by atoms with Gasteiger partial charge in [0.25, 0.3) is 0 Å². The number of hydrogen-bond acceptors (Lipinski definition) is 15. The molecule has 0 fully saturated rings. The van der Waals surface area contributed by atoms with Gasteiger partial charge in [0.05, 0.1) is 26.4 Å². The van der Waals surface area contributed by atoms with Crippen molar-refractivity contribution in [3.63, 3.8) is 0 Å². The molecule has 2 unspecified atom stereocenters. The molecule has 0 aliphatic carbocycles. The Hall–Kier alpha value is -1.94. The van der Waals surface area contributed by atoms with Crippen LogP contribution >= 0.6 is 15.6 Å². The molecule has 0 aromatic carbocycles. The van der Waals surface area contributed by atoms with Crippen LogP contribution in [0.5, 0.6) is 0 Å². The molecular formula is C80H156O17P2. The zero-order valence-electron chi connectivity index (χ0n) is 64.6. The van der Waals surface area contributed by atoms with Gasteiger partial charge in [-0.3, -0.25) is 37.3 Å². The molecule has 0 aliphatic rings. The van der Waals surface area contributed by atoms with Gasteiger partial charge in [-0.2, -0.15) is 0 Å². The molecule has 0 amide bonds. The Morgan fingerprint density at radius 3 is 0.687 bits per heavy atom. The number of ether oxygens (including phenoxy) is 4.